The molecule has 92 valence electrons. The van der Waals surface area contributed by atoms with Crippen molar-refractivity contribution >= 4 is 12.1 Å². The van der Waals surface area contributed by atoms with Gasteiger partial charge in [-0.25, -0.2) is 5.43 Å². The lowest BCUT2D eigenvalue weighted by Crippen LogP contribution is -2.17. The second-order valence-corrected chi connectivity index (χ2v) is 3.40. The Morgan fingerprint density at radius 2 is 1.94 bits per heavy atom. The van der Waals surface area contributed by atoms with Crippen LogP contribution in [0.25, 0.3) is 0 Å². The van der Waals surface area contributed by atoms with Gasteiger partial charge in [0.2, 0.25) is 0 Å². The largest absolute Gasteiger partial charge is 0.504 e. The molecule has 0 aromatic heterocycles. The predicted molar refractivity (Wildman–Crippen MR) is 62.3 cm³/mol. The smallest absolute Gasteiger partial charge is 0.271 e. The molecule has 0 heterocycles. The van der Waals surface area contributed by atoms with E-state index in [1.54, 1.807) is 6.21 Å². The monoisotopic (exact) mass is 238 g/mol. The van der Waals surface area contributed by atoms with E-state index in [9.17, 15) is 15.0 Å². The fourth-order valence-corrected chi connectivity index (χ4v) is 1.10. The number of hydrazone groups is 1. The molecule has 6 heteroatoms. The minimum atomic E-state index is -0.656. The summed E-state index contributed by atoms with van der Waals surface area (Å²) in [4.78, 5) is 11.5. The number of aromatic hydroxyl groups is 3. The number of hydrogen-bond acceptors (Lipinski definition) is 5. The first-order valence-corrected chi connectivity index (χ1v) is 5.13. The topological polar surface area (TPSA) is 102 Å². The Kier molecular flexibility index (Phi) is 4.33. The van der Waals surface area contributed by atoms with Gasteiger partial charge in [0.15, 0.2) is 17.2 Å². The van der Waals surface area contributed by atoms with Crippen LogP contribution in [0.3, 0.4) is 0 Å². The number of carbonyl (C=O) groups excluding carboxylic acids is 1. The molecule has 17 heavy (non-hydrogen) atoms. The molecule has 1 aromatic rings. The van der Waals surface area contributed by atoms with E-state index in [0.29, 0.717) is 0 Å². The third-order valence-electron chi connectivity index (χ3n) is 2.01. The summed E-state index contributed by atoms with van der Waals surface area (Å²) < 4.78 is 0. The van der Waals surface area contributed by atoms with Crippen LogP contribution in [-0.2, 0) is 0 Å². The highest BCUT2D eigenvalue weighted by molar-refractivity contribution is 5.95. The Morgan fingerprint density at radius 3 is 2.47 bits per heavy atom. The first-order valence-electron chi connectivity index (χ1n) is 5.13. The van der Waals surface area contributed by atoms with Gasteiger partial charge < -0.3 is 15.3 Å². The van der Waals surface area contributed by atoms with Crippen LogP contribution >= 0.6 is 0 Å². The van der Waals surface area contributed by atoms with E-state index in [4.69, 9.17) is 5.11 Å². The summed E-state index contributed by atoms with van der Waals surface area (Å²) >= 11 is 0. The predicted octanol–water partition coefficient (Wildman–Crippen LogP) is 1.32. The van der Waals surface area contributed by atoms with Gasteiger partial charge in [0.1, 0.15) is 0 Å². The molecule has 0 spiro atoms. The molecule has 1 amide bonds. The van der Waals surface area contributed by atoms with E-state index in [2.05, 4.69) is 10.5 Å². The first-order chi connectivity index (χ1) is 8.06. The fraction of sp³-hybridized carbons (Fsp3) is 0.273. The van der Waals surface area contributed by atoms with Crippen LogP contribution in [0.2, 0.25) is 0 Å². The number of benzene rings is 1. The number of rotatable bonds is 4. The molecule has 0 aliphatic rings. The molecule has 0 atom stereocenters. The summed E-state index contributed by atoms with van der Waals surface area (Å²) in [6, 6.07) is 2.08. The lowest BCUT2D eigenvalue weighted by atomic mass is 10.2. The molecular formula is C11H14N2O4. The van der Waals surface area contributed by atoms with Gasteiger partial charge in [-0.3, -0.25) is 4.79 Å². The highest BCUT2D eigenvalue weighted by Gasteiger charge is 2.12. The molecule has 0 radical (unpaired) electrons. The SMILES string of the molecule is CCCC=NNC(=O)c1cc(O)c(O)c(O)c1. The van der Waals surface area contributed by atoms with Gasteiger partial charge in [0.25, 0.3) is 5.91 Å². The third-order valence-corrected chi connectivity index (χ3v) is 2.01. The minimum Gasteiger partial charge on any atom is -0.504 e. The minimum absolute atomic E-state index is 0.00597. The van der Waals surface area contributed by atoms with Gasteiger partial charge in [0, 0.05) is 11.8 Å². The highest BCUT2D eigenvalue weighted by atomic mass is 16.3. The van der Waals surface area contributed by atoms with Crippen LogP contribution in [-0.4, -0.2) is 27.4 Å². The molecular weight excluding hydrogens is 224 g/mol. The van der Waals surface area contributed by atoms with Gasteiger partial charge in [-0.15, -0.1) is 0 Å². The molecule has 4 N–H and O–H groups in total. The number of amides is 1. The Hall–Kier alpha value is -2.24. The average molecular weight is 238 g/mol. The Morgan fingerprint density at radius 1 is 1.35 bits per heavy atom. The molecule has 0 aliphatic carbocycles. The highest BCUT2D eigenvalue weighted by Crippen LogP contribution is 2.35. The van der Waals surface area contributed by atoms with E-state index in [1.165, 1.54) is 0 Å². The van der Waals surface area contributed by atoms with Crippen LogP contribution in [0.1, 0.15) is 30.1 Å². The van der Waals surface area contributed by atoms with Crippen LogP contribution in [0.15, 0.2) is 17.2 Å². The maximum atomic E-state index is 11.5. The van der Waals surface area contributed by atoms with Gasteiger partial charge in [-0.2, -0.15) is 5.10 Å². The summed E-state index contributed by atoms with van der Waals surface area (Å²) in [7, 11) is 0. The molecule has 0 bridgehead atoms. The third kappa shape index (κ3) is 3.37. The molecule has 0 unspecified atom stereocenters. The molecule has 1 rings (SSSR count). The number of nitrogens with one attached hydrogen (secondary N) is 1. The number of phenolic OH excluding ortho intramolecular Hbond substituents is 3. The molecule has 0 saturated carbocycles. The first kappa shape index (κ1) is 12.8. The van der Waals surface area contributed by atoms with Gasteiger partial charge >= 0.3 is 0 Å². The van der Waals surface area contributed by atoms with Crippen LogP contribution in [0, 0.1) is 0 Å². The summed E-state index contributed by atoms with van der Waals surface area (Å²) in [5.74, 6) is -2.36. The zero-order valence-corrected chi connectivity index (χ0v) is 9.34. The second kappa shape index (κ2) is 5.74. The summed E-state index contributed by atoms with van der Waals surface area (Å²) in [5, 5.41) is 31.2. The lowest BCUT2D eigenvalue weighted by Gasteiger charge is -2.04. The van der Waals surface area contributed by atoms with Crippen molar-refractivity contribution in [1.29, 1.82) is 0 Å². The van der Waals surface area contributed by atoms with E-state index >= 15 is 0 Å². The number of phenols is 3. The molecule has 0 fully saturated rings. The van der Waals surface area contributed by atoms with E-state index in [1.807, 2.05) is 6.92 Å². The van der Waals surface area contributed by atoms with Crippen molar-refractivity contribution in [3.05, 3.63) is 17.7 Å². The van der Waals surface area contributed by atoms with Crippen molar-refractivity contribution in [2.24, 2.45) is 5.10 Å². The van der Waals surface area contributed by atoms with Crippen molar-refractivity contribution in [2.75, 3.05) is 0 Å². The normalized spacial score (nSPS) is 10.6. The van der Waals surface area contributed by atoms with Gasteiger partial charge in [-0.05, 0) is 18.6 Å². The van der Waals surface area contributed by atoms with Gasteiger partial charge in [-0.1, -0.05) is 13.3 Å². The maximum Gasteiger partial charge on any atom is 0.271 e. The van der Waals surface area contributed by atoms with Gasteiger partial charge in [0.05, 0.1) is 0 Å². The van der Waals surface area contributed by atoms with Crippen LogP contribution in [0.4, 0.5) is 0 Å². The molecule has 1 aromatic carbocycles. The van der Waals surface area contributed by atoms with Crippen molar-refractivity contribution < 1.29 is 20.1 Å². The van der Waals surface area contributed by atoms with Crippen LogP contribution < -0.4 is 5.43 Å². The van der Waals surface area contributed by atoms with Crippen LogP contribution in [0.5, 0.6) is 17.2 Å². The van der Waals surface area contributed by atoms with Crippen molar-refractivity contribution in [3.63, 3.8) is 0 Å². The van der Waals surface area contributed by atoms with Crippen molar-refractivity contribution in [2.45, 2.75) is 19.8 Å². The molecule has 6 nitrogen and oxygen atoms in total. The fourth-order valence-electron chi connectivity index (χ4n) is 1.10. The zero-order valence-electron chi connectivity index (χ0n) is 9.34. The Labute approximate surface area is 98.2 Å². The lowest BCUT2D eigenvalue weighted by molar-refractivity contribution is 0.0954. The standard InChI is InChI=1S/C11H14N2O4/c1-2-3-4-12-13-11(17)7-5-8(14)10(16)9(15)6-7/h4-6,14-16H,2-3H2,1H3,(H,13,17). The Balaban J connectivity index is 2.76. The van der Waals surface area contributed by atoms with Crippen molar-refractivity contribution in [1.82, 2.24) is 5.43 Å². The van der Waals surface area contributed by atoms with Crippen molar-refractivity contribution in [3.8, 4) is 17.2 Å². The summed E-state index contributed by atoms with van der Waals surface area (Å²) in [6.07, 6.45) is 3.21. The second-order valence-electron chi connectivity index (χ2n) is 3.40. The van der Waals surface area contributed by atoms with E-state index in [-0.39, 0.29) is 5.56 Å². The zero-order chi connectivity index (χ0) is 12.8. The van der Waals surface area contributed by atoms with E-state index in [0.717, 1.165) is 25.0 Å². The Bertz CT molecular complexity index is 420. The number of unbranched alkanes of at least 4 members (excludes halogenated alkanes) is 1. The molecule has 0 saturated heterocycles. The number of hydrogen-bond donors (Lipinski definition) is 4. The molecule has 0 aliphatic heterocycles. The summed E-state index contributed by atoms with van der Waals surface area (Å²) in [6.45, 7) is 1.98. The quantitative estimate of drug-likeness (QED) is 0.361. The maximum absolute atomic E-state index is 11.5. The van der Waals surface area contributed by atoms with E-state index < -0.39 is 23.2 Å². The number of nitrogens with zero attached hydrogens (tertiary/aromatic N) is 1. The number of carbonyl (C=O) groups is 1. The summed E-state index contributed by atoms with van der Waals surface area (Å²) in [5.41, 5.74) is 2.24. The average Bonchev–Trinajstić information content (AvgIpc) is 2.30.